The Labute approximate surface area is 152 Å². The van der Waals surface area contributed by atoms with Gasteiger partial charge in [0, 0.05) is 24.9 Å². The summed E-state index contributed by atoms with van der Waals surface area (Å²) in [5, 5.41) is 2.67. The fraction of sp³-hybridized carbons (Fsp3) is 0.235. The molecule has 0 spiro atoms. The molecule has 0 saturated carbocycles. The van der Waals surface area contributed by atoms with Crippen LogP contribution in [0.3, 0.4) is 0 Å². The van der Waals surface area contributed by atoms with Crippen molar-refractivity contribution in [2.75, 3.05) is 25.0 Å². The van der Waals surface area contributed by atoms with Gasteiger partial charge in [0.1, 0.15) is 4.90 Å². The molecule has 2 rings (SSSR count). The Hall–Kier alpha value is -2.09. The molecular formula is C17H19ClN2O4S. The highest BCUT2D eigenvalue weighted by Crippen LogP contribution is 2.25. The van der Waals surface area contributed by atoms with Crippen molar-refractivity contribution in [2.24, 2.45) is 0 Å². The molecule has 2 N–H and O–H groups in total. The third-order valence-electron chi connectivity index (χ3n) is 3.38. The smallest absolute Gasteiger partial charge is 0.263 e. The lowest BCUT2D eigenvalue weighted by Gasteiger charge is -2.11. The minimum Gasteiger partial charge on any atom is -0.383 e. The van der Waals surface area contributed by atoms with Gasteiger partial charge in [-0.3, -0.25) is 9.52 Å². The normalized spacial score (nSPS) is 11.2. The molecule has 1 amide bonds. The zero-order valence-electron chi connectivity index (χ0n) is 13.9. The van der Waals surface area contributed by atoms with E-state index >= 15 is 0 Å². The maximum Gasteiger partial charge on any atom is 0.263 e. The van der Waals surface area contributed by atoms with Gasteiger partial charge >= 0.3 is 0 Å². The summed E-state index contributed by atoms with van der Waals surface area (Å²) in [5.74, 6) is -0.402. The van der Waals surface area contributed by atoms with Crippen molar-refractivity contribution in [1.82, 2.24) is 5.32 Å². The van der Waals surface area contributed by atoms with Crippen molar-refractivity contribution >= 4 is 33.2 Å². The summed E-state index contributed by atoms with van der Waals surface area (Å²) in [5.41, 5.74) is 1.62. The van der Waals surface area contributed by atoms with Gasteiger partial charge in [0.05, 0.1) is 11.6 Å². The first-order valence-electron chi connectivity index (χ1n) is 7.49. The Balaban J connectivity index is 2.26. The molecule has 0 radical (unpaired) electrons. The van der Waals surface area contributed by atoms with Gasteiger partial charge in [0.15, 0.2) is 0 Å². The van der Waals surface area contributed by atoms with Crippen LogP contribution in [-0.4, -0.2) is 34.6 Å². The van der Waals surface area contributed by atoms with E-state index in [1.807, 2.05) is 6.92 Å². The van der Waals surface area contributed by atoms with Crippen molar-refractivity contribution < 1.29 is 17.9 Å². The summed E-state index contributed by atoms with van der Waals surface area (Å²) in [7, 11) is -2.40. The molecule has 0 fully saturated rings. The lowest BCUT2D eigenvalue weighted by atomic mass is 10.2. The highest BCUT2D eigenvalue weighted by molar-refractivity contribution is 7.92. The van der Waals surface area contributed by atoms with Gasteiger partial charge in [-0.2, -0.15) is 0 Å². The van der Waals surface area contributed by atoms with E-state index in [0.717, 1.165) is 5.56 Å². The molecule has 0 aliphatic carbocycles. The van der Waals surface area contributed by atoms with Gasteiger partial charge in [0.2, 0.25) is 0 Å². The molecule has 25 heavy (non-hydrogen) atoms. The van der Waals surface area contributed by atoms with Gasteiger partial charge in [-0.1, -0.05) is 29.3 Å². The van der Waals surface area contributed by atoms with Gasteiger partial charge in [-0.25, -0.2) is 8.42 Å². The van der Waals surface area contributed by atoms with Crippen molar-refractivity contribution in [2.45, 2.75) is 11.8 Å². The number of anilines is 1. The monoisotopic (exact) mass is 382 g/mol. The number of sulfonamides is 1. The van der Waals surface area contributed by atoms with Crippen LogP contribution in [0.2, 0.25) is 5.02 Å². The molecule has 134 valence electrons. The van der Waals surface area contributed by atoms with E-state index in [9.17, 15) is 13.2 Å². The first kappa shape index (κ1) is 19.2. The molecular weight excluding hydrogens is 364 g/mol. The van der Waals surface area contributed by atoms with E-state index in [2.05, 4.69) is 10.0 Å². The SMILES string of the molecule is COCCNC(=O)c1ccc(Cl)c(S(=O)(=O)Nc2ccc(C)cc2)c1. The first-order chi connectivity index (χ1) is 11.8. The number of benzene rings is 2. The lowest BCUT2D eigenvalue weighted by Crippen LogP contribution is -2.27. The summed E-state index contributed by atoms with van der Waals surface area (Å²) in [6.07, 6.45) is 0. The zero-order chi connectivity index (χ0) is 18.4. The van der Waals surface area contributed by atoms with E-state index in [-0.39, 0.29) is 15.5 Å². The Morgan fingerprint density at radius 3 is 2.48 bits per heavy atom. The molecule has 0 aliphatic heterocycles. The topological polar surface area (TPSA) is 84.5 Å². The fourth-order valence-electron chi connectivity index (χ4n) is 2.05. The predicted molar refractivity (Wildman–Crippen MR) is 97.6 cm³/mol. The molecule has 0 saturated heterocycles. The third kappa shape index (κ3) is 5.19. The summed E-state index contributed by atoms with van der Waals surface area (Å²) in [6.45, 7) is 2.59. The van der Waals surface area contributed by atoms with Gasteiger partial charge < -0.3 is 10.1 Å². The summed E-state index contributed by atoms with van der Waals surface area (Å²) >= 11 is 6.03. The predicted octanol–water partition coefficient (Wildman–Crippen LogP) is 2.83. The number of halogens is 1. The summed E-state index contributed by atoms with van der Waals surface area (Å²) < 4.78 is 32.5. The van der Waals surface area contributed by atoms with Gasteiger partial charge in [-0.15, -0.1) is 0 Å². The average Bonchev–Trinajstić information content (AvgIpc) is 2.57. The van der Waals surface area contributed by atoms with Crippen LogP contribution in [0, 0.1) is 6.92 Å². The van der Waals surface area contributed by atoms with E-state index < -0.39 is 15.9 Å². The second kappa shape index (κ2) is 8.33. The minimum absolute atomic E-state index is 0.0352. The Morgan fingerprint density at radius 2 is 1.84 bits per heavy atom. The Kier molecular flexibility index (Phi) is 6.41. The largest absolute Gasteiger partial charge is 0.383 e. The zero-order valence-corrected chi connectivity index (χ0v) is 15.4. The van der Waals surface area contributed by atoms with Crippen molar-refractivity contribution in [3.63, 3.8) is 0 Å². The average molecular weight is 383 g/mol. The number of carbonyl (C=O) groups excluding carboxylic acids is 1. The standard InChI is InChI=1S/C17H19ClN2O4S/c1-12-3-6-14(7-4-12)20-25(22,23)16-11-13(5-8-15(16)18)17(21)19-9-10-24-2/h3-8,11,20H,9-10H2,1-2H3,(H,19,21). The number of nitrogens with one attached hydrogen (secondary N) is 2. The molecule has 8 heteroatoms. The second-order valence-corrected chi connectivity index (χ2v) is 7.42. The van der Waals surface area contributed by atoms with Crippen LogP contribution in [0.1, 0.15) is 15.9 Å². The number of ether oxygens (including phenoxy) is 1. The van der Waals surface area contributed by atoms with Crippen LogP contribution in [0.4, 0.5) is 5.69 Å². The Morgan fingerprint density at radius 1 is 1.16 bits per heavy atom. The quantitative estimate of drug-likeness (QED) is 0.721. The molecule has 0 aromatic heterocycles. The van der Waals surface area contributed by atoms with Crippen molar-refractivity contribution in [3.8, 4) is 0 Å². The second-order valence-electron chi connectivity index (χ2n) is 5.37. The maximum atomic E-state index is 12.6. The van der Waals surface area contributed by atoms with Crippen molar-refractivity contribution in [1.29, 1.82) is 0 Å². The highest BCUT2D eigenvalue weighted by Gasteiger charge is 2.20. The molecule has 0 atom stereocenters. The highest BCUT2D eigenvalue weighted by atomic mass is 35.5. The van der Waals surface area contributed by atoms with Crippen LogP contribution in [0.15, 0.2) is 47.4 Å². The van der Waals surface area contributed by atoms with E-state index in [0.29, 0.717) is 18.8 Å². The van der Waals surface area contributed by atoms with Crippen LogP contribution < -0.4 is 10.0 Å². The number of aryl methyl sites for hydroxylation is 1. The lowest BCUT2D eigenvalue weighted by molar-refractivity contribution is 0.0937. The number of rotatable bonds is 7. The van der Waals surface area contributed by atoms with Gasteiger partial charge in [-0.05, 0) is 37.3 Å². The summed E-state index contributed by atoms with van der Waals surface area (Å²) in [6, 6.07) is 11.0. The van der Waals surface area contributed by atoms with E-state index in [4.69, 9.17) is 16.3 Å². The van der Waals surface area contributed by atoms with Crippen molar-refractivity contribution in [3.05, 3.63) is 58.6 Å². The molecule has 0 heterocycles. The van der Waals surface area contributed by atoms with Gasteiger partial charge in [0.25, 0.3) is 15.9 Å². The van der Waals surface area contributed by atoms with Crippen LogP contribution in [-0.2, 0) is 14.8 Å². The first-order valence-corrected chi connectivity index (χ1v) is 9.36. The molecule has 2 aromatic rings. The van der Waals surface area contributed by atoms with E-state index in [1.165, 1.54) is 25.3 Å². The van der Waals surface area contributed by atoms with E-state index in [1.54, 1.807) is 24.3 Å². The molecule has 0 bridgehead atoms. The number of hydrogen-bond acceptors (Lipinski definition) is 4. The Bertz CT molecular complexity index is 851. The molecule has 0 aliphatic rings. The minimum atomic E-state index is -3.92. The number of amides is 1. The third-order valence-corrected chi connectivity index (χ3v) is 5.24. The summed E-state index contributed by atoms with van der Waals surface area (Å²) in [4.78, 5) is 11.9. The van der Waals surface area contributed by atoms with Crippen LogP contribution in [0.5, 0.6) is 0 Å². The molecule has 2 aromatic carbocycles. The maximum absolute atomic E-state index is 12.6. The molecule has 0 unspecified atom stereocenters. The number of methoxy groups -OCH3 is 1. The van der Waals surface area contributed by atoms with Crippen LogP contribution in [0.25, 0.3) is 0 Å². The fourth-order valence-corrected chi connectivity index (χ4v) is 3.64. The molecule has 6 nitrogen and oxygen atoms in total. The number of hydrogen-bond donors (Lipinski definition) is 2. The number of carbonyl (C=O) groups is 1. The van der Waals surface area contributed by atoms with Crippen LogP contribution >= 0.6 is 11.6 Å².